The van der Waals surface area contributed by atoms with E-state index in [0.717, 1.165) is 69.7 Å². The SMILES string of the molecule is C/C=C\C=C(/C)CCC1CC(c2ccc3c(c2)CCO3)CN1CC(=O)N(CCCC)c1ccccc1.CC.CC. The summed E-state index contributed by atoms with van der Waals surface area (Å²) in [5, 5.41) is 0. The molecule has 4 nitrogen and oxygen atoms in total. The van der Waals surface area contributed by atoms with Crippen LogP contribution in [0.15, 0.2) is 72.3 Å². The molecule has 0 aliphatic carbocycles. The zero-order chi connectivity index (χ0) is 29.3. The summed E-state index contributed by atoms with van der Waals surface area (Å²) in [6, 6.07) is 17.3. The molecule has 0 bridgehead atoms. The molecule has 0 saturated carbocycles. The first-order chi connectivity index (χ1) is 19.6. The molecule has 1 amide bonds. The van der Waals surface area contributed by atoms with Crippen molar-refractivity contribution in [3.05, 3.63) is 83.5 Å². The minimum atomic E-state index is 0.212. The van der Waals surface area contributed by atoms with E-state index in [0.29, 0.717) is 18.5 Å². The molecule has 4 rings (SSSR count). The molecule has 220 valence electrons. The third-order valence-corrected chi connectivity index (χ3v) is 7.60. The fourth-order valence-electron chi connectivity index (χ4n) is 5.50. The van der Waals surface area contributed by atoms with Crippen LogP contribution < -0.4 is 9.64 Å². The second-order valence-corrected chi connectivity index (χ2v) is 10.3. The molecule has 0 spiro atoms. The number of rotatable bonds is 11. The van der Waals surface area contributed by atoms with Crippen LogP contribution in [0.2, 0.25) is 0 Å². The molecule has 2 heterocycles. The first-order valence-electron chi connectivity index (χ1n) is 15.7. The predicted molar refractivity (Wildman–Crippen MR) is 173 cm³/mol. The molecule has 2 aliphatic heterocycles. The van der Waals surface area contributed by atoms with Crippen LogP contribution in [-0.2, 0) is 11.2 Å². The Bertz CT molecular complexity index is 1060. The fourth-order valence-corrected chi connectivity index (χ4v) is 5.50. The van der Waals surface area contributed by atoms with Gasteiger partial charge in [0.2, 0.25) is 5.91 Å². The van der Waals surface area contributed by atoms with Crippen molar-refractivity contribution < 1.29 is 9.53 Å². The van der Waals surface area contributed by atoms with Crippen molar-refractivity contribution in [1.29, 1.82) is 0 Å². The van der Waals surface area contributed by atoms with Gasteiger partial charge in [0.15, 0.2) is 0 Å². The van der Waals surface area contributed by atoms with Gasteiger partial charge in [0.05, 0.1) is 13.2 Å². The average Bonchev–Trinajstić information content (AvgIpc) is 3.64. The molecular formula is C36H54N2O2. The van der Waals surface area contributed by atoms with Crippen LogP contribution in [0.1, 0.15) is 97.6 Å². The van der Waals surface area contributed by atoms with Gasteiger partial charge in [0, 0.05) is 31.2 Å². The van der Waals surface area contributed by atoms with Crippen LogP contribution in [0, 0.1) is 0 Å². The molecule has 40 heavy (non-hydrogen) atoms. The van der Waals surface area contributed by atoms with Crippen molar-refractivity contribution in [2.45, 2.75) is 99.0 Å². The second kappa shape index (κ2) is 18.5. The minimum absolute atomic E-state index is 0.212. The predicted octanol–water partition coefficient (Wildman–Crippen LogP) is 8.97. The van der Waals surface area contributed by atoms with Crippen molar-refractivity contribution >= 4 is 11.6 Å². The third kappa shape index (κ3) is 9.66. The van der Waals surface area contributed by atoms with E-state index in [1.54, 1.807) is 0 Å². The lowest BCUT2D eigenvalue weighted by atomic mass is 9.93. The smallest absolute Gasteiger partial charge is 0.241 e. The molecule has 1 saturated heterocycles. The maximum Gasteiger partial charge on any atom is 0.241 e. The largest absolute Gasteiger partial charge is 0.493 e. The zero-order valence-electron chi connectivity index (χ0n) is 26.3. The Labute approximate surface area is 245 Å². The third-order valence-electron chi connectivity index (χ3n) is 7.60. The first-order valence-corrected chi connectivity index (χ1v) is 15.7. The summed E-state index contributed by atoms with van der Waals surface area (Å²) in [4.78, 5) is 18.1. The minimum Gasteiger partial charge on any atom is -0.493 e. The van der Waals surface area contributed by atoms with Crippen molar-refractivity contribution in [2.75, 3.05) is 31.1 Å². The highest BCUT2D eigenvalue weighted by Crippen LogP contribution is 2.37. The van der Waals surface area contributed by atoms with E-state index < -0.39 is 0 Å². The lowest BCUT2D eigenvalue weighted by molar-refractivity contribution is -0.120. The molecule has 0 aromatic heterocycles. The van der Waals surface area contributed by atoms with Gasteiger partial charge in [-0.1, -0.05) is 95.2 Å². The van der Waals surface area contributed by atoms with Gasteiger partial charge in [-0.25, -0.2) is 0 Å². The Morgan fingerprint density at radius 1 is 1.10 bits per heavy atom. The molecular weight excluding hydrogens is 492 g/mol. The molecule has 0 N–H and O–H groups in total. The number of carbonyl (C=O) groups excluding carboxylic acids is 1. The quantitative estimate of drug-likeness (QED) is 0.264. The molecule has 2 atom stereocenters. The highest BCUT2D eigenvalue weighted by molar-refractivity contribution is 5.94. The number of ether oxygens (including phenoxy) is 1. The van der Waals surface area contributed by atoms with Crippen molar-refractivity contribution in [2.24, 2.45) is 0 Å². The van der Waals surface area contributed by atoms with Crippen LogP contribution in [0.4, 0.5) is 5.69 Å². The van der Waals surface area contributed by atoms with Gasteiger partial charge in [-0.15, -0.1) is 0 Å². The van der Waals surface area contributed by atoms with Gasteiger partial charge in [0.1, 0.15) is 5.75 Å². The van der Waals surface area contributed by atoms with Gasteiger partial charge in [-0.05, 0) is 74.8 Å². The Morgan fingerprint density at radius 3 is 2.55 bits per heavy atom. The highest BCUT2D eigenvalue weighted by Gasteiger charge is 2.35. The Kier molecular flexibility index (Phi) is 15.4. The van der Waals surface area contributed by atoms with Gasteiger partial charge in [0.25, 0.3) is 0 Å². The average molecular weight is 547 g/mol. The molecule has 1 fully saturated rings. The number of likely N-dealkylation sites (tertiary alicyclic amines) is 1. The summed E-state index contributed by atoms with van der Waals surface area (Å²) in [5.41, 5.74) is 5.13. The van der Waals surface area contributed by atoms with Gasteiger partial charge >= 0.3 is 0 Å². The summed E-state index contributed by atoms with van der Waals surface area (Å²) >= 11 is 0. The van der Waals surface area contributed by atoms with E-state index in [4.69, 9.17) is 4.74 Å². The van der Waals surface area contributed by atoms with E-state index in [1.165, 1.54) is 16.7 Å². The van der Waals surface area contributed by atoms with E-state index in [1.807, 2.05) is 50.8 Å². The Hall–Kier alpha value is -2.85. The Balaban J connectivity index is 0.00000134. The number of hydrogen-bond donors (Lipinski definition) is 0. The number of para-hydroxylation sites is 1. The van der Waals surface area contributed by atoms with Gasteiger partial charge in [-0.3, -0.25) is 9.69 Å². The summed E-state index contributed by atoms with van der Waals surface area (Å²) in [5.74, 6) is 1.71. The maximum atomic E-state index is 13.7. The standard InChI is InChI=1S/C32H42N2O2.2C2H6/c1-4-6-11-25(3)14-16-30-22-28(26-15-17-31-27(21-26)18-20-36-31)23-33(30)24-32(35)34(19-7-5-2)29-12-9-8-10-13-29;2*1-2/h4,6,8-13,15,17,21,28,30H,5,7,14,16,18-20,22-24H2,1-3H3;2*1-2H3/b6-4-,25-11+;;. The molecule has 2 aromatic rings. The number of benzene rings is 2. The van der Waals surface area contributed by atoms with Crippen molar-refractivity contribution in [1.82, 2.24) is 4.90 Å². The number of allylic oxidation sites excluding steroid dienone is 4. The van der Waals surface area contributed by atoms with Gasteiger partial charge < -0.3 is 9.64 Å². The zero-order valence-corrected chi connectivity index (χ0v) is 26.3. The number of anilines is 1. The van der Waals surface area contributed by atoms with Crippen LogP contribution >= 0.6 is 0 Å². The number of carbonyl (C=O) groups is 1. The topological polar surface area (TPSA) is 32.8 Å². The fraction of sp³-hybridized carbons (Fsp3) is 0.528. The van der Waals surface area contributed by atoms with Crippen molar-refractivity contribution in [3.63, 3.8) is 0 Å². The molecule has 4 heteroatoms. The van der Waals surface area contributed by atoms with Crippen LogP contribution in [0.25, 0.3) is 0 Å². The number of unbranched alkanes of at least 4 members (excludes halogenated alkanes) is 1. The normalized spacial score (nSPS) is 18.3. The lowest BCUT2D eigenvalue weighted by Gasteiger charge is -2.29. The summed E-state index contributed by atoms with van der Waals surface area (Å²) in [7, 11) is 0. The molecule has 2 unspecified atom stereocenters. The number of hydrogen-bond acceptors (Lipinski definition) is 3. The van der Waals surface area contributed by atoms with Crippen molar-refractivity contribution in [3.8, 4) is 5.75 Å². The van der Waals surface area contributed by atoms with E-state index >= 15 is 0 Å². The highest BCUT2D eigenvalue weighted by atomic mass is 16.5. The lowest BCUT2D eigenvalue weighted by Crippen LogP contribution is -2.43. The second-order valence-electron chi connectivity index (χ2n) is 10.3. The molecule has 0 radical (unpaired) electrons. The van der Waals surface area contributed by atoms with E-state index in [9.17, 15) is 4.79 Å². The van der Waals surface area contributed by atoms with Crippen LogP contribution in [0.3, 0.4) is 0 Å². The molecule has 2 aliphatic rings. The summed E-state index contributed by atoms with van der Waals surface area (Å²) in [6.45, 7) is 17.4. The number of fused-ring (bicyclic) bond motifs is 1. The van der Waals surface area contributed by atoms with Crippen LogP contribution in [-0.4, -0.2) is 43.1 Å². The van der Waals surface area contributed by atoms with Gasteiger partial charge in [-0.2, -0.15) is 0 Å². The summed E-state index contributed by atoms with van der Waals surface area (Å²) in [6.07, 6.45) is 12.7. The maximum absolute atomic E-state index is 13.7. The summed E-state index contributed by atoms with van der Waals surface area (Å²) < 4.78 is 5.74. The van der Waals surface area contributed by atoms with Crippen LogP contribution in [0.5, 0.6) is 5.75 Å². The number of nitrogens with zero attached hydrogens (tertiary/aromatic N) is 2. The van der Waals surface area contributed by atoms with E-state index in [2.05, 4.69) is 74.2 Å². The number of amides is 1. The molecule has 2 aromatic carbocycles. The monoisotopic (exact) mass is 546 g/mol. The van der Waals surface area contributed by atoms with E-state index in [-0.39, 0.29) is 5.91 Å². The Morgan fingerprint density at radius 2 is 1.85 bits per heavy atom. The first kappa shape index (κ1) is 33.4.